The van der Waals surface area contributed by atoms with Crippen molar-refractivity contribution in [3.63, 3.8) is 0 Å². The molecular formula is C30H24F6NOP. The van der Waals surface area contributed by atoms with Crippen LogP contribution in [0.3, 0.4) is 0 Å². The van der Waals surface area contributed by atoms with E-state index in [2.05, 4.69) is 5.32 Å². The SMILES string of the molecule is O=C(N[C@@H](Cc1ccccc1)CP(c1ccccc1)c1ccccc1)c1cc(C(F)(F)F)cc(C(F)(F)F)c1. The first-order valence-corrected chi connectivity index (χ1v) is 13.6. The third-order valence-corrected chi connectivity index (χ3v) is 8.70. The van der Waals surface area contributed by atoms with Crippen LogP contribution >= 0.6 is 7.92 Å². The van der Waals surface area contributed by atoms with Crippen molar-refractivity contribution in [1.82, 2.24) is 5.32 Å². The van der Waals surface area contributed by atoms with Crippen molar-refractivity contribution in [3.05, 3.63) is 131 Å². The lowest BCUT2D eigenvalue weighted by Gasteiger charge is -2.26. The van der Waals surface area contributed by atoms with Gasteiger partial charge in [0.2, 0.25) is 0 Å². The number of benzene rings is 4. The lowest BCUT2D eigenvalue weighted by Crippen LogP contribution is -2.40. The van der Waals surface area contributed by atoms with E-state index in [1.807, 2.05) is 91.0 Å². The number of hydrogen-bond donors (Lipinski definition) is 1. The van der Waals surface area contributed by atoms with E-state index in [1.54, 1.807) is 0 Å². The number of nitrogens with one attached hydrogen (secondary N) is 1. The maximum Gasteiger partial charge on any atom is 0.416 e. The summed E-state index contributed by atoms with van der Waals surface area (Å²) in [7, 11) is -1.01. The van der Waals surface area contributed by atoms with Crippen LogP contribution in [0.1, 0.15) is 27.0 Å². The zero-order chi connectivity index (χ0) is 28.0. The molecule has 2 nitrogen and oxygen atoms in total. The summed E-state index contributed by atoms with van der Waals surface area (Å²) in [6, 6.07) is 28.8. The summed E-state index contributed by atoms with van der Waals surface area (Å²) >= 11 is 0. The van der Waals surface area contributed by atoms with Crippen LogP contribution in [-0.4, -0.2) is 18.1 Å². The molecule has 4 aromatic carbocycles. The van der Waals surface area contributed by atoms with Gasteiger partial charge in [0.05, 0.1) is 11.1 Å². The highest BCUT2D eigenvalue weighted by Gasteiger charge is 2.37. The largest absolute Gasteiger partial charge is 0.416 e. The van der Waals surface area contributed by atoms with Gasteiger partial charge in [0.25, 0.3) is 5.91 Å². The molecule has 4 rings (SSSR count). The Labute approximate surface area is 223 Å². The molecule has 0 heterocycles. The summed E-state index contributed by atoms with van der Waals surface area (Å²) in [5.74, 6) is -0.997. The Hall–Kier alpha value is -3.64. The summed E-state index contributed by atoms with van der Waals surface area (Å²) in [4.78, 5) is 13.2. The fourth-order valence-electron chi connectivity index (χ4n) is 4.21. The van der Waals surface area contributed by atoms with Gasteiger partial charge in [-0.15, -0.1) is 0 Å². The van der Waals surface area contributed by atoms with Gasteiger partial charge in [0.1, 0.15) is 0 Å². The van der Waals surface area contributed by atoms with Gasteiger partial charge in [-0.1, -0.05) is 91.0 Å². The minimum Gasteiger partial charge on any atom is -0.349 e. The first-order valence-electron chi connectivity index (χ1n) is 12.0. The van der Waals surface area contributed by atoms with Crippen molar-refractivity contribution in [1.29, 1.82) is 0 Å². The predicted molar refractivity (Wildman–Crippen MR) is 142 cm³/mol. The second-order valence-corrected chi connectivity index (χ2v) is 11.2. The average Bonchev–Trinajstić information content (AvgIpc) is 2.92. The quantitative estimate of drug-likeness (QED) is 0.180. The summed E-state index contributed by atoms with van der Waals surface area (Å²) in [6.07, 6.45) is -9.32. The van der Waals surface area contributed by atoms with Crippen LogP contribution in [-0.2, 0) is 18.8 Å². The van der Waals surface area contributed by atoms with E-state index >= 15 is 0 Å². The smallest absolute Gasteiger partial charge is 0.349 e. The molecule has 1 N–H and O–H groups in total. The van der Waals surface area contributed by atoms with Crippen LogP contribution in [0, 0.1) is 0 Å². The third kappa shape index (κ3) is 7.70. The molecule has 0 saturated carbocycles. The second kappa shape index (κ2) is 12.0. The summed E-state index contributed by atoms with van der Waals surface area (Å²) in [6.45, 7) is 0. The molecule has 0 aliphatic rings. The van der Waals surface area contributed by atoms with Crippen LogP contribution in [0.2, 0.25) is 0 Å². The van der Waals surface area contributed by atoms with Crippen molar-refractivity contribution in [2.45, 2.75) is 24.8 Å². The van der Waals surface area contributed by atoms with Gasteiger partial charge >= 0.3 is 12.4 Å². The van der Waals surface area contributed by atoms with Gasteiger partial charge in [-0.05, 0) is 54.9 Å². The molecule has 0 saturated heterocycles. The molecule has 1 atom stereocenters. The summed E-state index contributed by atoms with van der Waals surface area (Å²) < 4.78 is 80.4. The normalized spacial score (nSPS) is 12.8. The third-order valence-electron chi connectivity index (χ3n) is 6.05. The monoisotopic (exact) mass is 559 g/mol. The van der Waals surface area contributed by atoms with Crippen molar-refractivity contribution >= 4 is 24.4 Å². The molecule has 0 fully saturated rings. The highest BCUT2D eigenvalue weighted by atomic mass is 31.1. The molecule has 202 valence electrons. The van der Waals surface area contributed by atoms with Crippen molar-refractivity contribution in [3.8, 4) is 0 Å². The zero-order valence-corrected chi connectivity index (χ0v) is 21.4. The Bertz CT molecular complexity index is 1300. The molecule has 9 heteroatoms. The second-order valence-electron chi connectivity index (χ2n) is 8.94. The van der Waals surface area contributed by atoms with Crippen LogP contribution < -0.4 is 15.9 Å². The Morgan fingerprint density at radius 3 is 1.54 bits per heavy atom. The molecule has 0 bridgehead atoms. The maximum absolute atomic E-state index is 13.4. The molecule has 0 spiro atoms. The summed E-state index contributed by atoms with van der Waals surface area (Å²) in [5.41, 5.74) is -2.88. The van der Waals surface area contributed by atoms with Gasteiger partial charge in [0, 0.05) is 11.6 Å². The molecule has 0 aliphatic heterocycles. The average molecular weight is 559 g/mol. The van der Waals surface area contributed by atoms with Gasteiger partial charge < -0.3 is 5.32 Å². The van der Waals surface area contributed by atoms with Gasteiger partial charge in [0.15, 0.2) is 0 Å². The van der Waals surface area contributed by atoms with E-state index in [9.17, 15) is 31.1 Å². The number of amides is 1. The van der Waals surface area contributed by atoms with E-state index in [-0.39, 0.29) is 6.07 Å². The van der Waals surface area contributed by atoms with Gasteiger partial charge in [-0.25, -0.2) is 0 Å². The number of alkyl halides is 6. The molecule has 0 unspecified atom stereocenters. The van der Waals surface area contributed by atoms with E-state index in [1.165, 1.54) is 0 Å². The Kier molecular flexibility index (Phi) is 8.76. The predicted octanol–water partition coefficient (Wildman–Crippen LogP) is 7.20. The maximum atomic E-state index is 13.4. The lowest BCUT2D eigenvalue weighted by molar-refractivity contribution is -0.143. The van der Waals surface area contributed by atoms with E-state index in [0.29, 0.717) is 24.7 Å². The molecular weight excluding hydrogens is 535 g/mol. The molecule has 0 aliphatic carbocycles. The van der Waals surface area contributed by atoms with Crippen LogP contribution in [0.15, 0.2) is 109 Å². The van der Waals surface area contributed by atoms with Crippen LogP contribution in [0.4, 0.5) is 26.3 Å². The molecule has 4 aromatic rings. The van der Waals surface area contributed by atoms with Crippen LogP contribution in [0.25, 0.3) is 0 Å². The van der Waals surface area contributed by atoms with E-state index < -0.39 is 48.9 Å². The van der Waals surface area contributed by atoms with Crippen molar-refractivity contribution in [2.24, 2.45) is 0 Å². The molecule has 0 aromatic heterocycles. The number of carbonyl (C=O) groups is 1. The number of halogens is 6. The number of carbonyl (C=O) groups excluding carboxylic acids is 1. The van der Waals surface area contributed by atoms with Crippen molar-refractivity contribution < 1.29 is 31.1 Å². The standard InChI is InChI=1S/C30H24F6NOP/c31-29(32,33)23-17-22(18-24(19-23)30(34,35)36)28(38)37-25(16-21-10-4-1-5-11-21)20-39(26-12-6-2-7-13-26)27-14-8-3-9-15-27/h1-15,17-19,25H,16,20H2,(H,37,38)/t25-/m0/s1. The number of rotatable bonds is 8. The molecule has 1 amide bonds. The highest BCUT2D eigenvalue weighted by molar-refractivity contribution is 7.73. The summed E-state index contributed by atoms with van der Waals surface area (Å²) in [5, 5.41) is 4.82. The Morgan fingerprint density at radius 1 is 0.667 bits per heavy atom. The zero-order valence-electron chi connectivity index (χ0n) is 20.5. The number of hydrogen-bond acceptors (Lipinski definition) is 1. The van der Waals surface area contributed by atoms with Crippen molar-refractivity contribution in [2.75, 3.05) is 6.16 Å². The van der Waals surface area contributed by atoms with Crippen LogP contribution in [0.5, 0.6) is 0 Å². The van der Waals surface area contributed by atoms with Gasteiger partial charge in [-0.3, -0.25) is 4.79 Å². The van der Waals surface area contributed by atoms with E-state index in [4.69, 9.17) is 0 Å². The Morgan fingerprint density at radius 2 is 1.10 bits per heavy atom. The topological polar surface area (TPSA) is 29.1 Å². The first-order chi connectivity index (χ1) is 18.5. The minimum atomic E-state index is -5.05. The fourth-order valence-corrected chi connectivity index (χ4v) is 6.66. The first kappa shape index (κ1) is 28.4. The molecule has 39 heavy (non-hydrogen) atoms. The van der Waals surface area contributed by atoms with Gasteiger partial charge in [-0.2, -0.15) is 26.3 Å². The fraction of sp³-hybridized carbons (Fsp3) is 0.167. The minimum absolute atomic E-state index is 0.0162. The highest BCUT2D eigenvalue weighted by Crippen LogP contribution is 2.37. The Balaban J connectivity index is 1.70. The van der Waals surface area contributed by atoms with E-state index in [0.717, 1.165) is 16.2 Å². The molecule has 0 radical (unpaired) electrons. The lowest BCUT2D eigenvalue weighted by atomic mass is 10.0.